The highest BCUT2D eigenvalue weighted by Gasteiger charge is 2.36. The highest BCUT2D eigenvalue weighted by atomic mass is 35.5. The molecule has 0 aliphatic carbocycles. The molecule has 2 aliphatic heterocycles. The molecular formula is C26H20ClF5N8O3S. The number of carbonyl (C=O) groups excluding carboxylic acids is 1. The van der Waals surface area contributed by atoms with Crippen molar-refractivity contribution in [1.82, 2.24) is 25.1 Å². The summed E-state index contributed by atoms with van der Waals surface area (Å²) in [5, 5.41) is 5.89. The van der Waals surface area contributed by atoms with Crippen molar-refractivity contribution in [2.75, 3.05) is 34.2 Å². The Bertz CT molecular complexity index is 1890. The number of fused-ring (bicyclic) bond motifs is 1. The van der Waals surface area contributed by atoms with Crippen LogP contribution in [0.15, 0.2) is 47.6 Å². The Balaban J connectivity index is 1.38. The van der Waals surface area contributed by atoms with E-state index in [1.807, 2.05) is 4.72 Å². The molecule has 2 aromatic carbocycles. The first-order chi connectivity index (χ1) is 20.7. The second-order valence-corrected chi connectivity index (χ2v) is 12.0. The Morgan fingerprint density at radius 3 is 2.27 bits per heavy atom. The first-order valence-corrected chi connectivity index (χ1v) is 14.7. The molecule has 0 spiro atoms. The van der Waals surface area contributed by atoms with Crippen LogP contribution in [0.5, 0.6) is 0 Å². The van der Waals surface area contributed by atoms with E-state index in [2.05, 4.69) is 20.4 Å². The van der Waals surface area contributed by atoms with Crippen molar-refractivity contribution in [3.8, 4) is 11.3 Å². The average molecular weight is 655 g/mol. The van der Waals surface area contributed by atoms with E-state index < -0.39 is 45.2 Å². The fraction of sp³-hybridized carbons (Fsp3) is 0.231. The van der Waals surface area contributed by atoms with Gasteiger partial charge in [0.25, 0.3) is 10.0 Å². The maximum atomic E-state index is 14.4. The summed E-state index contributed by atoms with van der Waals surface area (Å²) < 4.78 is 97.9. The third-order valence-electron chi connectivity index (χ3n) is 7.06. The quantitative estimate of drug-likeness (QED) is 0.285. The number of nitrogens with one attached hydrogen (secondary N) is 2. The monoisotopic (exact) mass is 654 g/mol. The molecule has 2 aliphatic rings. The Hall–Kier alpha value is -4.51. The average Bonchev–Trinajstić information content (AvgIpc) is 3.68. The molecule has 1 saturated heterocycles. The standard InChI is InChI=1S/C26H20ClF5N8O3S/c1-38-19(10-21(36-38)26(30,31)32)14-11-34-24(35-12-14)40-4-2-13-6-16(9-20(23(13)40)39-5-3-33-25(39)41)44(42,43)37-22-17(28)7-15(27)8-18(22)29/h6-12,37H,2-5H2,1H3,(H,33,41). The van der Waals surface area contributed by atoms with Gasteiger partial charge >= 0.3 is 12.2 Å². The molecule has 6 rings (SSSR count). The summed E-state index contributed by atoms with van der Waals surface area (Å²) in [5.74, 6) is -2.29. The maximum Gasteiger partial charge on any atom is 0.435 e. The van der Waals surface area contributed by atoms with Gasteiger partial charge < -0.3 is 10.2 Å². The summed E-state index contributed by atoms with van der Waals surface area (Å²) >= 11 is 5.65. The SMILES string of the molecule is Cn1nc(C(F)(F)F)cc1-c1cnc(N2CCc3cc(S(=O)(=O)Nc4c(F)cc(Cl)cc4F)cc(N4CCNC4=O)c32)nc1. The van der Waals surface area contributed by atoms with Crippen LogP contribution in [0.4, 0.5) is 49.8 Å². The molecule has 11 nitrogen and oxygen atoms in total. The summed E-state index contributed by atoms with van der Waals surface area (Å²) in [6.07, 6.45) is -1.69. The number of hydrogen-bond donors (Lipinski definition) is 2. The van der Waals surface area contributed by atoms with E-state index in [0.717, 1.165) is 22.9 Å². The number of halogens is 6. The Morgan fingerprint density at radius 2 is 1.68 bits per heavy atom. The number of benzene rings is 2. The Labute approximate surface area is 251 Å². The van der Waals surface area contributed by atoms with Gasteiger partial charge in [0.15, 0.2) is 17.3 Å². The molecule has 0 bridgehead atoms. The Kier molecular flexibility index (Phi) is 7.11. The van der Waals surface area contributed by atoms with Crippen LogP contribution in [0.1, 0.15) is 11.3 Å². The molecule has 0 atom stereocenters. The number of rotatable bonds is 6. The number of aryl methyl sites for hydroxylation is 1. The van der Waals surface area contributed by atoms with Gasteiger partial charge in [0.1, 0.15) is 5.69 Å². The number of anilines is 4. The number of aromatic nitrogens is 4. The van der Waals surface area contributed by atoms with E-state index >= 15 is 0 Å². The zero-order valence-corrected chi connectivity index (χ0v) is 24.0. The number of urea groups is 1. The van der Waals surface area contributed by atoms with Crippen molar-refractivity contribution in [2.24, 2.45) is 7.05 Å². The van der Waals surface area contributed by atoms with E-state index in [1.54, 1.807) is 4.90 Å². The molecule has 0 saturated carbocycles. The molecule has 4 heterocycles. The van der Waals surface area contributed by atoms with Gasteiger partial charge in [-0.05, 0) is 42.3 Å². The van der Waals surface area contributed by atoms with Crippen LogP contribution in [0, 0.1) is 11.6 Å². The molecule has 0 radical (unpaired) electrons. The number of sulfonamides is 1. The van der Waals surface area contributed by atoms with Crippen molar-refractivity contribution in [3.05, 3.63) is 70.6 Å². The summed E-state index contributed by atoms with van der Waals surface area (Å²) in [7, 11) is -3.20. The molecule has 2 aromatic heterocycles. The fourth-order valence-electron chi connectivity index (χ4n) is 5.06. The molecule has 230 valence electrons. The van der Waals surface area contributed by atoms with Crippen molar-refractivity contribution in [3.63, 3.8) is 0 Å². The third-order valence-corrected chi connectivity index (χ3v) is 8.61. The largest absolute Gasteiger partial charge is 0.435 e. The molecule has 1 fully saturated rings. The second kappa shape index (κ2) is 10.6. The van der Waals surface area contributed by atoms with E-state index in [0.29, 0.717) is 11.3 Å². The zero-order valence-electron chi connectivity index (χ0n) is 22.5. The molecule has 18 heteroatoms. The normalized spacial score (nSPS) is 15.1. The first kappa shape index (κ1) is 29.6. The number of carbonyl (C=O) groups is 1. The van der Waals surface area contributed by atoms with E-state index in [-0.39, 0.29) is 58.9 Å². The van der Waals surface area contributed by atoms with E-state index in [9.17, 15) is 35.2 Å². The second-order valence-electron chi connectivity index (χ2n) is 9.89. The number of hydrogen-bond acceptors (Lipinski definition) is 7. The number of amides is 2. The van der Waals surface area contributed by atoms with Gasteiger partial charge in [0.2, 0.25) is 5.95 Å². The molecule has 2 amide bonds. The summed E-state index contributed by atoms with van der Waals surface area (Å²) in [5.41, 5.74) is -0.486. The van der Waals surface area contributed by atoms with Crippen molar-refractivity contribution < 1.29 is 35.2 Å². The minimum atomic E-state index is -4.63. The highest BCUT2D eigenvalue weighted by molar-refractivity contribution is 7.92. The predicted molar refractivity (Wildman–Crippen MR) is 149 cm³/mol. The van der Waals surface area contributed by atoms with Crippen LogP contribution in [-0.2, 0) is 29.7 Å². The van der Waals surface area contributed by atoms with Crippen LogP contribution in [-0.4, -0.2) is 53.8 Å². The minimum absolute atomic E-state index is 0.135. The Morgan fingerprint density at radius 1 is 1.00 bits per heavy atom. The van der Waals surface area contributed by atoms with Gasteiger partial charge in [-0.3, -0.25) is 14.3 Å². The molecular weight excluding hydrogens is 635 g/mol. The van der Waals surface area contributed by atoms with Crippen molar-refractivity contribution >= 4 is 50.7 Å². The molecule has 2 N–H and O–H groups in total. The van der Waals surface area contributed by atoms with Gasteiger partial charge in [-0.2, -0.15) is 18.3 Å². The van der Waals surface area contributed by atoms with Crippen LogP contribution >= 0.6 is 11.6 Å². The predicted octanol–water partition coefficient (Wildman–Crippen LogP) is 4.85. The van der Waals surface area contributed by atoms with E-state index in [1.165, 1.54) is 36.5 Å². The third kappa shape index (κ3) is 5.25. The molecule has 4 aromatic rings. The lowest BCUT2D eigenvalue weighted by Crippen LogP contribution is -2.30. The fourth-order valence-corrected chi connectivity index (χ4v) is 6.40. The smallest absolute Gasteiger partial charge is 0.336 e. The number of alkyl halides is 3. The molecule has 0 unspecified atom stereocenters. The van der Waals surface area contributed by atoms with Gasteiger partial charge in [-0.1, -0.05) is 11.6 Å². The van der Waals surface area contributed by atoms with Crippen molar-refractivity contribution in [2.45, 2.75) is 17.5 Å². The summed E-state index contributed by atoms with van der Waals surface area (Å²) in [6, 6.07) is 4.44. The summed E-state index contributed by atoms with van der Waals surface area (Å²) in [4.78, 5) is 24.0. The topological polar surface area (TPSA) is 125 Å². The first-order valence-electron chi connectivity index (χ1n) is 12.8. The lowest BCUT2D eigenvalue weighted by molar-refractivity contribution is -0.141. The van der Waals surface area contributed by atoms with E-state index in [4.69, 9.17) is 11.6 Å². The van der Waals surface area contributed by atoms with Gasteiger partial charge in [0.05, 0.1) is 22.0 Å². The lowest BCUT2D eigenvalue weighted by atomic mass is 10.1. The van der Waals surface area contributed by atoms with Crippen LogP contribution < -0.4 is 19.8 Å². The van der Waals surface area contributed by atoms with Crippen LogP contribution in [0.3, 0.4) is 0 Å². The van der Waals surface area contributed by atoms with Crippen LogP contribution in [0.2, 0.25) is 5.02 Å². The maximum absolute atomic E-state index is 14.4. The van der Waals surface area contributed by atoms with Crippen molar-refractivity contribution in [1.29, 1.82) is 0 Å². The minimum Gasteiger partial charge on any atom is -0.336 e. The zero-order chi connectivity index (χ0) is 31.6. The highest BCUT2D eigenvalue weighted by Crippen LogP contribution is 2.44. The van der Waals surface area contributed by atoms with Gasteiger partial charge in [-0.15, -0.1) is 0 Å². The van der Waals surface area contributed by atoms with Gasteiger partial charge in [0, 0.05) is 49.7 Å². The lowest BCUT2D eigenvalue weighted by Gasteiger charge is -2.25. The van der Waals surface area contributed by atoms with Gasteiger partial charge in [-0.25, -0.2) is 32.0 Å². The number of nitrogens with zero attached hydrogens (tertiary/aromatic N) is 6. The summed E-state index contributed by atoms with van der Waals surface area (Å²) in [6.45, 7) is 0.733. The van der Waals surface area contributed by atoms with Crippen LogP contribution in [0.25, 0.3) is 11.3 Å². The molecule has 44 heavy (non-hydrogen) atoms.